The Morgan fingerprint density at radius 1 is 1.14 bits per heavy atom. The smallest absolute Gasteiger partial charge is 0.420 e. The fourth-order valence-corrected chi connectivity index (χ4v) is 3.30. The summed E-state index contributed by atoms with van der Waals surface area (Å²) in [4.78, 5) is 23.2. The van der Waals surface area contributed by atoms with E-state index in [1.165, 1.54) is 24.3 Å². The van der Waals surface area contributed by atoms with E-state index >= 15 is 0 Å². The van der Waals surface area contributed by atoms with Gasteiger partial charge in [-0.2, -0.15) is 0 Å². The molecular weight excluding hydrogens is 408 g/mol. The predicted molar refractivity (Wildman–Crippen MR) is 110 cm³/mol. The lowest BCUT2D eigenvalue weighted by atomic mass is 10.2. The first kappa shape index (κ1) is 21.5. The highest BCUT2D eigenvalue weighted by molar-refractivity contribution is 7.90. The van der Waals surface area contributed by atoms with Crippen molar-refractivity contribution in [3.8, 4) is 5.75 Å². The molecule has 2 aromatic carbocycles. The summed E-state index contributed by atoms with van der Waals surface area (Å²) in [6.07, 6.45) is -1.90. The molecule has 0 heterocycles. The molecule has 2 rings (SSSR count). The molecule has 156 valence electrons. The summed E-state index contributed by atoms with van der Waals surface area (Å²) < 4.78 is 35.6. The molecule has 8 nitrogen and oxygen atoms in total. The van der Waals surface area contributed by atoms with Crippen molar-refractivity contribution in [1.82, 2.24) is 4.72 Å². The highest BCUT2D eigenvalue weighted by Gasteiger charge is 2.19. The van der Waals surface area contributed by atoms with Crippen molar-refractivity contribution in [2.75, 3.05) is 12.4 Å². The van der Waals surface area contributed by atoms with Crippen molar-refractivity contribution in [2.24, 2.45) is 0 Å². The lowest BCUT2D eigenvalue weighted by molar-refractivity contribution is -0.122. The third-order valence-electron chi connectivity index (χ3n) is 3.65. The van der Waals surface area contributed by atoms with E-state index in [4.69, 9.17) is 16.3 Å². The van der Waals surface area contributed by atoms with E-state index in [0.717, 1.165) is 12.7 Å². The van der Waals surface area contributed by atoms with Crippen LogP contribution in [0.4, 0.5) is 10.5 Å². The molecule has 10 heteroatoms. The fraction of sp³-hybridized carbons (Fsp3) is 0.222. The predicted octanol–water partition coefficient (Wildman–Crippen LogP) is 3.84. The van der Waals surface area contributed by atoms with Crippen molar-refractivity contribution in [3.05, 3.63) is 53.1 Å². The molecule has 0 saturated heterocycles. The van der Waals surface area contributed by atoms with Gasteiger partial charge in [0.1, 0.15) is 5.75 Å². The average Bonchev–Trinajstić information content (AvgIpc) is 2.63. The number of carbonyl (C=O) groups excluding carboxylic acids is 2. The van der Waals surface area contributed by atoms with Crippen LogP contribution in [0.5, 0.6) is 5.75 Å². The number of nitrogens with one attached hydrogen (secondary N) is 2. The number of rotatable bonds is 6. The van der Waals surface area contributed by atoms with Gasteiger partial charge in [-0.05, 0) is 61.9 Å². The van der Waals surface area contributed by atoms with E-state index in [-0.39, 0.29) is 9.18 Å². The number of benzene rings is 2. The van der Waals surface area contributed by atoms with Crippen LogP contribution >= 0.6 is 11.6 Å². The summed E-state index contributed by atoms with van der Waals surface area (Å²) in [5.74, 6) is 0.111. The number of amides is 2. The van der Waals surface area contributed by atoms with Crippen LogP contribution in [0.2, 0.25) is 5.02 Å². The van der Waals surface area contributed by atoms with Crippen molar-refractivity contribution >= 4 is 39.3 Å². The molecule has 0 fully saturated rings. The van der Waals surface area contributed by atoms with Gasteiger partial charge in [0.05, 0.1) is 12.0 Å². The second-order valence-corrected chi connectivity index (χ2v) is 7.90. The molecule has 0 aliphatic heterocycles. The number of aryl methyl sites for hydroxylation is 1. The highest BCUT2D eigenvalue weighted by atomic mass is 35.5. The van der Waals surface area contributed by atoms with E-state index < -0.39 is 28.1 Å². The fourth-order valence-electron chi connectivity index (χ4n) is 2.16. The molecule has 1 atom stereocenters. The first-order chi connectivity index (χ1) is 13.1. The first-order valence-corrected chi connectivity index (χ1v) is 9.93. The van der Waals surface area contributed by atoms with Gasteiger partial charge < -0.3 is 14.8 Å². The lowest BCUT2D eigenvalue weighted by Gasteiger charge is -2.16. The van der Waals surface area contributed by atoms with Crippen LogP contribution in [0.3, 0.4) is 0 Å². The van der Waals surface area contributed by atoms with Crippen LogP contribution < -0.4 is 14.8 Å². The molecule has 0 aliphatic rings. The van der Waals surface area contributed by atoms with Crippen LogP contribution in [0.25, 0.3) is 0 Å². The van der Waals surface area contributed by atoms with E-state index in [0.29, 0.717) is 16.5 Å². The summed E-state index contributed by atoms with van der Waals surface area (Å²) in [6, 6.07) is 10.3. The van der Waals surface area contributed by atoms with E-state index in [2.05, 4.69) is 10.1 Å². The molecular formula is C18H25ClN2O6S. The minimum absolute atomic E-state index is 0. The topological polar surface area (TPSA) is 111 Å². The van der Waals surface area contributed by atoms with Gasteiger partial charge >= 0.3 is 6.09 Å². The second kappa shape index (κ2) is 8.94. The SMILES string of the molecule is COC(=O)NS(=O)(=O)c1ccc(NC(=O)C(C)Oc2ccc(Cl)cc2C)cc1.[HH].[HH].[HH]. The number of halogens is 1. The minimum Gasteiger partial charge on any atom is -0.481 e. The quantitative estimate of drug-likeness (QED) is 0.717. The van der Waals surface area contributed by atoms with Gasteiger partial charge in [-0.15, -0.1) is 0 Å². The molecule has 0 aromatic heterocycles. The molecule has 2 aromatic rings. The second-order valence-electron chi connectivity index (χ2n) is 5.78. The Morgan fingerprint density at radius 3 is 2.36 bits per heavy atom. The first-order valence-electron chi connectivity index (χ1n) is 8.07. The zero-order chi connectivity index (χ0) is 20.9. The standard InChI is InChI=1S/C18H19ClN2O6S.3H2/c1-11-10-13(19)4-9-16(11)27-12(2)17(22)20-14-5-7-15(8-6-14)28(24,25)21-18(23)26-3;;;/h4-10,12H,1-3H3,(H,20,22)(H,21,23);3*1H. The van der Waals surface area contributed by atoms with Gasteiger partial charge in [0, 0.05) is 15.0 Å². The summed E-state index contributed by atoms with van der Waals surface area (Å²) in [7, 11) is -3.00. The monoisotopic (exact) mass is 432 g/mol. The van der Waals surface area contributed by atoms with Crippen molar-refractivity contribution in [1.29, 1.82) is 0 Å². The Bertz CT molecular complexity index is 990. The van der Waals surface area contributed by atoms with Gasteiger partial charge in [-0.25, -0.2) is 17.9 Å². The summed E-state index contributed by atoms with van der Waals surface area (Å²) in [5, 5.41) is 3.19. The molecule has 0 spiro atoms. The number of hydrogen-bond donors (Lipinski definition) is 2. The molecule has 1 unspecified atom stereocenters. The molecule has 0 bridgehead atoms. The number of ether oxygens (including phenoxy) is 2. The van der Waals surface area contributed by atoms with Crippen LogP contribution in [0.1, 0.15) is 16.8 Å². The van der Waals surface area contributed by atoms with Crippen LogP contribution in [-0.2, 0) is 19.6 Å². The van der Waals surface area contributed by atoms with Crippen LogP contribution in [0, 0.1) is 6.92 Å². The highest BCUT2D eigenvalue weighted by Crippen LogP contribution is 2.23. The van der Waals surface area contributed by atoms with E-state index in [1.807, 2.05) is 6.92 Å². The van der Waals surface area contributed by atoms with Crippen LogP contribution in [-0.4, -0.2) is 33.6 Å². The maximum atomic E-state index is 12.3. The Kier molecular flexibility index (Phi) is 6.87. The number of carbonyl (C=O) groups is 2. The maximum Gasteiger partial charge on any atom is 0.420 e. The lowest BCUT2D eigenvalue weighted by Crippen LogP contribution is -2.31. The molecule has 0 aliphatic carbocycles. The molecule has 0 saturated carbocycles. The maximum absolute atomic E-state index is 12.3. The summed E-state index contributed by atoms with van der Waals surface area (Å²) in [6.45, 7) is 3.40. The van der Waals surface area contributed by atoms with Crippen LogP contribution in [0.15, 0.2) is 47.4 Å². The number of anilines is 1. The van der Waals surface area contributed by atoms with Gasteiger partial charge in [0.15, 0.2) is 6.10 Å². The van der Waals surface area contributed by atoms with Gasteiger partial charge in [0.25, 0.3) is 15.9 Å². The Balaban J connectivity index is 0. The zero-order valence-corrected chi connectivity index (χ0v) is 16.9. The molecule has 2 N–H and O–H groups in total. The number of hydrogen-bond acceptors (Lipinski definition) is 6. The average molecular weight is 433 g/mol. The summed E-state index contributed by atoms with van der Waals surface area (Å²) >= 11 is 5.90. The Hall–Kier alpha value is -2.78. The Labute approximate surface area is 172 Å². The van der Waals surface area contributed by atoms with Gasteiger partial charge in [-0.3, -0.25) is 4.79 Å². The number of methoxy groups -OCH3 is 1. The van der Waals surface area contributed by atoms with Crippen molar-refractivity contribution < 1.29 is 31.8 Å². The normalized spacial score (nSPS) is 12.0. The number of sulfonamides is 1. The van der Waals surface area contributed by atoms with E-state index in [9.17, 15) is 18.0 Å². The minimum atomic E-state index is -4.05. The van der Waals surface area contributed by atoms with E-state index in [1.54, 1.807) is 29.8 Å². The van der Waals surface area contributed by atoms with Gasteiger partial charge in [0.2, 0.25) is 0 Å². The zero-order valence-electron chi connectivity index (χ0n) is 15.4. The third-order valence-corrected chi connectivity index (χ3v) is 5.21. The third kappa shape index (κ3) is 5.61. The van der Waals surface area contributed by atoms with Crippen molar-refractivity contribution in [3.63, 3.8) is 0 Å². The van der Waals surface area contributed by atoms with Gasteiger partial charge in [-0.1, -0.05) is 11.6 Å². The summed E-state index contributed by atoms with van der Waals surface area (Å²) in [5.41, 5.74) is 1.16. The molecule has 0 radical (unpaired) electrons. The Morgan fingerprint density at radius 2 is 1.79 bits per heavy atom. The molecule has 28 heavy (non-hydrogen) atoms. The van der Waals surface area contributed by atoms with Crippen molar-refractivity contribution in [2.45, 2.75) is 24.8 Å². The molecule has 2 amide bonds. The largest absolute Gasteiger partial charge is 0.481 e.